The monoisotopic (exact) mass is 358 g/mol. The van der Waals surface area contributed by atoms with Crippen molar-refractivity contribution in [2.45, 2.75) is 39.8 Å². The van der Waals surface area contributed by atoms with Gasteiger partial charge in [-0.3, -0.25) is 4.90 Å². The molecule has 0 unspecified atom stereocenters. The van der Waals surface area contributed by atoms with E-state index in [0.29, 0.717) is 5.92 Å². The van der Waals surface area contributed by atoms with Crippen LogP contribution in [0.15, 0.2) is 24.3 Å². The Bertz CT molecular complexity index is 688. The zero-order valence-electron chi connectivity index (χ0n) is 16.5. The van der Waals surface area contributed by atoms with Crippen molar-refractivity contribution in [3.63, 3.8) is 0 Å². The first kappa shape index (κ1) is 18.6. The van der Waals surface area contributed by atoms with Gasteiger partial charge in [-0.15, -0.1) is 5.10 Å². The summed E-state index contributed by atoms with van der Waals surface area (Å²) >= 11 is 0. The third kappa shape index (κ3) is 3.82. The molecular weight excluding hydrogens is 328 g/mol. The molecule has 0 spiro atoms. The number of anilines is 1. The van der Waals surface area contributed by atoms with Gasteiger partial charge in [0.25, 0.3) is 0 Å². The van der Waals surface area contributed by atoms with E-state index in [1.165, 1.54) is 5.69 Å². The molecule has 0 bridgehead atoms. The number of piperazine rings is 1. The number of tetrazole rings is 1. The van der Waals surface area contributed by atoms with Gasteiger partial charge in [-0.25, -0.2) is 4.68 Å². The lowest BCUT2D eigenvalue weighted by Crippen LogP contribution is -2.49. The minimum Gasteiger partial charge on any atom is -0.497 e. The standard InChI is InChI=1S/C19H30N6O/c1-14(2)18(19-20-21-22-25(19)15(3)4)24-12-10-23(11-13-24)16-6-8-17(26-5)9-7-16/h6-9,14-15,18H,10-13H2,1-5H3/t18-/m1/s1. The number of methoxy groups -OCH3 is 1. The van der Waals surface area contributed by atoms with E-state index in [-0.39, 0.29) is 12.1 Å². The first-order valence-electron chi connectivity index (χ1n) is 9.42. The number of benzene rings is 1. The number of hydrogen-bond donors (Lipinski definition) is 0. The predicted molar refractivity (Wildman–Crippen MR) is 103 cm³/mol. The second-order valence-corrected chi connectivity index (χ2v) is 7.49. The first-order valence-corrected chi connectivity index (χ1v) is 9.42. The van der Waals surface area contributed by atoms with E-state index >= 15 is 0 Å². The van der Waals surface area contributed by atoms with E-state index in [4.69, 9.17) is 4.74 Å². The molecule has 1 atom stereocenters. The molecule has 1 aromatic carbocycles. The third-order valence-electron chi connectivity index (χ3n) is 5.05. The highest BCUT2D eigenvalue weighted by Crippen LogP contribution is 2.30. The van der Waals surface area contributed by atoms with Gasteiger partial charge in [0.05, 0.1) is 19.2 Å². The molecule has 0 amide bonds. The Hall–Kier alpha value is -2.15. The number of nitrogens with zero attached hydrogens (tertiary/aromatic N) is 6. The van der Waals surface area contributed by atoms with Gasteiger partial charge in [0, 0.05) is 31.9 Å². The Balaban J connectivity index is 1.71. The number of rotatable bonds is 6. The maximum Gasteiger partial charge on any atom is 0.168 e. The lowest BCUT2D eigenvalue weighted by atomic mass is 10.0. The van der Waals surface area contributed by atoms with Crippen molar-refractivity contribution in [3.8, 4) is 5.75 Å². The molecule has 142 valence electrons. The number of hydrogen-bond acceptors (Lipinski definition) is 6. The minimum absolute atomic E-state index is 0.241. The Labute approximate surface area is 155 Å². The van der Waals surface area contributed by atoms with Crippen LogP contribution >= 0.6 is 0 Å². The van der Waals surface area contributed by atoms with Crippen molar-refractivity contribution < 1.29 is 4.74 Å². The van der Waals surface area contributed by atoms with Crippen molar-refractivity contribution in [3.05, 3.63) is 30.1 Å². The van der Waals surface area contributed by atoms with Gasteiger partial charge in [0.15, 0.2) is 5.82 Å². The molecule has 2 aromatic rings. The molecule has 1 aromatic heterocycles. The molecule has 1 aliphatic heterocycles. The molecular formula is C19H30N6O. The van der Waals surface area contributed by atoms with Crippen LogP contribution in [-0.4, -0.2) is 58.4 Å². The SMILES string of the molecule is COc1ccc(N2CCN([C@@H](c3nnnn3C(C)C)C(C)C)CC2)cc1. The van der Waals surface area contributed by atoms with Crippen LogP contribution in [0, 0.1) is 5.92 Å². The van der Waals surface area contributed by atoms with E-state index in [2.05, 4.69) is 65.2 Å². The second kappa shape index (κ2) is 8.03. The van der Waals surface area contributed by atoms with Crippen LogP contribution in [0.25, 0.3) is 0 Å². The van der Waals surface area contributed by atoms with Crippen LogP contribution in [0.3, 0.4) is 0 Å². The van der Waals surface area contributed by atoms with Gasteiger partial charge in [-0.1, -0.05) is 13.8 Å². The molecule has 2 heterocycles. The highest BCUT2D eigenvalue weighted by Gasteiger charge is 2.31. The summed E-state index contributed by atoms with van der Waals surface area (Å²) < 4.78 is 7.21. The summed E-state index contributed by atoms with van der Waals surface area (Å²) in [6.45, 7) is 12.7. The summed E-state index contributed by atoms with van der Waals surface area (Å²) in [5.74, 6) is 2.33. The van der Waals surface area contributed by atoms with Crippen molar-refractivity contribution in [2.75, 3.05) is 38.2 Å². The van der Waals surface area contributed by atoms with Crippen LogP contribution in [0.2, 0.25) is 0 Å². The molecule has 7 nitrogen and oxygen atoms in total. The zero-order valence-corrected chi connectivity index (χ0v) is 16.5. The Morgan fingerprint density at radius 3 is 2.15 bits per heavy atom. The lowest BCUT2D eigenvalue weighted by Gasteiger charge is -2.41. The van der Waals surface area contributed by atoms with Gasteiger partial charge in [0.1, 0.15) is 5.75 Å². The molecule has 26 heavy (non-hydrogen) atoms. The largest absolute Gasteiger partial charge is 0.497 e. The lowest BCUT2D eigenvalue weighted by molar-refractivity contribution is 0.133. The molecule has 1 fully saturated rings. The molecule has 0 radical (unpaired) electrons. The van der Waals surface area contributed by atoms with Crippen LogP contribution in [0.4, 0.5) is 5.69 Å². The number of aromatic nitrogens is 4. The molecule has 1 aliphatic rings. The molecule has 0 aliphatic carbocycles. The quantitative estimate of drug-likeness (QED) is 0.791. The minimum atomic E-state index is 0.241. The highest BCUT2D eigenvalue weighted by atomic mass is 16.5. The summed E-state index contributed by atoms with van der Waals surface area (Å²) in [4.78, 5) is 4.95. The van der Waals surface area contributed by atoms with E-state index in [0.717, 1.165) is 37.8 Å². The zero-order chi connectivity index (χ0) is 18.7. The summed E-state index contributed by atoms with van der Waals surface area (Å²) in [6.07, 6.45) is 0. The number of ether oxygens (including phenoxy) is 1. The van der Waals surface area contributed by atoms with Gasteiger partial charge in [-0.2, -0.15) is 0 Å². The highest BCUT2D eigenvalue weighted by molar-refractivity contribution is 5.49. The van der Waals surface area contributed by atoms with Gasteiger partial charge in [0.2, 0.25) is 0 Å². The third-order valence-corrected chi connectivity index (χ3v) is 5.05. The fourth-order valence-electron chi connectivity index (χ4n) is 3.70. The van der Waals surface area contributed by atoms with Crippen LogP contribution in [-0.2, 0) is 0 Å². The van der Waals surface area contributed by atoms with E-state index in [9.17, 15) is 0 Å². The fraction of sp³-hybridized carbons (Fsp3) is 0.632. The van der Waals surface area contributed by atoms with E-state index in [1.54, 1.807) is 7.11 Å². The molecule has 3 rings (SSSR count). The molecule has 7 heteroatoms. The Morgan fingerprint density at radius 1 is 0.962 bits per heavy atom. The van der Waals surface area contributed by atoms with Gasteiger partial charge in [-0.05, 0) is 54.5 Å². The summed E-state index contributed by atoms with van der Waals surface area (Å²) in [6, 6.07) is 8.82. The maximum absolute atomic E-state index is 5.26. The van der Waals surface area contributed by atoms with Crippen LogP contribution in [0.5, 0.6) is 5.75 Å². The Morgan fingerprint density at radius 2 is 1.62 bits per heavy atom. The Kier molecular flexibility index (Phi) is 5.76. The van der Waals surface area contributed by atoms with Crippen molar-refractivity contribution >= 4 is 5.69 Å². The molecule has 0 saturated carbocycles. The first-order chi connectivity index (χ1) is 12.5. The van der Waals surface area contributed by atoms with E-state index in [1.807, 2.05) is 16.8 Å². The van der Waals surface area contributed by atoms with Crippen LogP contribution < -0.4 is 9.64 Å². The van der Waals surface area contributed by atoms with Gasteiger partial charge < -0.3 is 9.64 Å². The van der Waals surface area contributed by atoms with E-state index < -0.39 is 0 Å². The smallest absolute Gasteiger partial charge is 0.168 e. The summed E-state index contributed by atoms with van der Waals surface area (Å²) in [5, 5.41) is 12.5. The van der Waals surface area contributed by atoms with Crippen molar-refractivity contribution in [1.82, 2.24) is 25.1 Å². The average Bonchev–Trinajstić information content (AvgIpc) is 3.12. The average molecular weight is 358 g/mol. The molecule has 1 saturated heterocycles. The topological polar surface area (TPSA) is 59.3 Å². The normalized spacial score (nSPS) is 17.1. The maximum atomic E-state index is 5.26. The summed E-state index contributed by atoms with van der Waals surface area (Å²) in [5.41, 5.74) is 1.25. The van der Waals surface area contributed by atoms with Crippen molar-refractivity contribution in [2.24, 2.45) is 5.92 Å². The van der Waals surface area contributed by atoms with Crippen molar-refractivity contribution in [1.29, 1.82) is 0 Å². The predicted octanol–water partition coefficient (Wildman–Crippen LogP) is 2.78. The van der Waals surface area contributed by atoms with Gasteiger partial charge >= 0.3 is 0 Å². The summed E-state index contributed by atoms with van der Waals surface area (Å²) in [7, 11) is 1.70. The second-order valence-electron chi connectivity index (χ2n) is 7.49. The fourth-order valence-corrected chi connectivity index (χ4v) is 3.70. The van der Waals surface area contributed by atoms with Crippen LogP contribution in [0.1, 0.15) is 45.6 Å². The molecule has 0 N–H and O–H groups in total.